The zero-order valence-electron chi connectivity index (χ0n) is 28.7. The summed E-state index contributed by atoms with van der Waals surface area (Å²) in [4.78, 5) is 12.3. The van der Waals surface area contributed by atoms with Crippen LogP contribution in [-0.4, -0.2) is 34.9 Å². The highest BCUT2D eigenvalue weighted by molar-refractivity contribution is 5.76. The molecule has 252 valence electrons. The third-order valence-electron chi connectivity index (χ3n) is 8.35. The predicted octanol–water partition coefficient (Wildman–Crippen LogP) is 11.1. The summed E-state index contributed by atoms with van der Waals surface area (Å²) in [6, 6.07) is -0.640. The smallest absolute Gasteiger partial charge is 0.220 e. The first kappa shape index (κ1) is 41.6. The van der Waals surface area contributed by atoms with E-state index in [4.69, 9.17) is 0 Å². The number of carbonyl (C=O) groups is 1. The van der Waals surface area contributed by atoms with E-state index in [1.165, 1.54) is 122 Å². The number of aliphatic hydroxyl groups is 2. The van der Waals surface area contributed by atoms with Crippen LogP contribution in [0.3, 0.4) is 0 Å². The van der Waals surface area contributed by atoms with Crippen LogP contribution >= 0.6 is 0 Å². The Kier molecular flexibility index (Phi) is 34.0. The molecule has 0 aromatic heterocycles. The molecule has 0 saturated carbocycles. The van der Waals surface area contributed by atoms with Crippen molar-refractivity contribution in [3.05, 3.63) is 36.5 Å². The Bertz CT molecular complexity index is 657. The number of rotatable bonds is 33. The molecule has 2 atom stereocenters. The van der Waals surface area contributed by atoms with Gasteiger partial charge in [0.2, 0.25) is 5.91 Å². The van der Waals surface area contributed by atoms with Crippen LogP contribution in [0.15, 0.2) is 36.5 Å². The number of aliphatic hydroxyl groups excluding tert-OH is 2. The van der Waals surface area contributed by atoms with E-state index >= 15 is 0 Å². The zero-order valence-corrected chi connectivity index (χ0v) is 28.7. The average Bonchev–Trinajstić information content (AvgIpc) is 3.01. The quantitative estimate of drug-likeness (QED) is 0.0516. The second-order valence-electron chi connectivity index (χ2n) is 12.6. The van der Waals surface area contributed by atoms with Gasteiger partial charge in [-0.05, 0) is 57.8 Å². The van der Waals surface area contributed by atoms with Crippen molar-refractivity contribution in [1.82, 2.24) is 5.32 Å². The fourth-order valence-electron chi connectivity index (χ4n) is 5.42. The van der Waals surface area contributed by atoms with Crippen LogP contribution in [0.4, 0.5) is 0 Å². The van der Waals surface area contributed by atoms with Gasteiger partial charge in [-0.2, -0.15) is 0 Å². The summed E-state index contributed by atoms with van der Waals surface area (Å²) in [6.07, 6.45) is 45.2. The van der Waals surface area contributed by atoms with Crippen molar-refractivity contribution >= 4 is 5.91 Å². The number of allylic oxidation sites excluding steroid dienone is 5. The number of unbranched alkanes of at least 4 members (excludes halogenated alkanes) is 22. The van der Waals surface area contributed by atoms with Gasteiger partial charge in [-0.25, -0.2) is 0 Å². The Hall–Kier alpha value is -1.39. The van der Waals surface area contributed by atoms with Gasteiger partial charge in [0.05, 0.1) is 18.8 Å². The van der Waals surface area contributed by atoms with E-state index in [2.05, 4.69) is 43.5 Å². The van der Waals surface area contributed by atoms with Gasteiger partial charge in [0, 0.05) is 6.42 Å². The fourth-order valence-corrected chi connectivity index (χ4v) is 5.42. The van der Waals surface area contributed by atoms with Crippen LogP contribution in [-0.2, 0) is 4.79 Å². The molecule has 0 fully saturated rings. The van der Waals surface area contributed by atoms with E-state index in [1.54, 1.807) is 6.08 Å². The van der Waals surface area contributed by atoms with Crippen molar-refractivity contribution in [2.75, 3.05) is 6.61 Å². The largest absolute Gasteiger partial charge is 0.394 e. The number of hydrogen-bond acceptors (Lipinski definition) is 3. The standard InChI is InChI=1S/C39H73NO3/c1-3-5-7-9-11-13-15-17-18-19-20-21-22-23-24-26-28-30-32-34-38(42)37(36-41)40-39(43)35-33-31-29-27-25-16-14-12-10-8-6-4-2/h12,14,24,26,32,34,37-38,41-42H,3-11,13,15-23,25,27-31,33,35-36H2,1-2H3,(H,40,43)/b14-12-,26-24+,34-32+. The molecule has 0 rings (SSSR count). The van der Waals surface area contributed by atoms with Gasteiger partial charge in [-0.1, -0.05) is 159 Å². The molecule has 4 nitrogen and oxygen atoms in total. The minimum Gasteiger partial charge on any atom is -0.394 e. The maximum Gasteiger partial charge on any atom is 0.220 e. The molecule has 4 heteroatoms. The van der Waals surface area contributed by atoms with Gasteiger partial charge in [0.25, 0.3) is 0 Å². The van der Waals surface area contributed by atoms with E-state index in [-0.39, 0.29) is 12.5 Å². The summed E-state index contributed by atoms with van der Waals surface area (Å²) in [6.45, 7) is 4.26. The highest BCUT2D eigenvalue weighted by atomic mass is 16.3. The minimum atomic E-state index is -0.862. The first-order valence-corrected chi connectivity index (χ1v) is 18.7. The van der Waals surface area contributed by atoms with Crippen molar-refractivity contribution in [3.63, 3.8) is 0 Å². The lowest BCUT2D eigenvalue weighted by Crippen LogP contribution is -2.45. The molecule has 0 aliphatic rings. The molecule has 3 N–H and O–H groups in total. The van der Waals surface area contributed by atoms with Crippen molar-refractivity contribution in [2.24, 2.45) is 0 Å². The Morgan fingerprint density at radius 1 is 0.535 bits per heavy atom. The first-order chi connectivity index (χ1) is 21.2. The van der Waals surface area contributed by atoms with E-state index in [9.17, 15) is 15.0 Å². The van der Waals surface area contributed by atoms with Gasteiger partial charge >= 0.3 is 0 Å². The SMILES string of the molecule is CCCCC/C=C\CCCCCCCC(=O)NC(CO)C(O)/C=C/CC/C=C/CCCCCCCCCCCCCCC. The molecule has 0 aromatic carbocycles. The van der Waals surface area contributed by atoms with Crippen LogP contribution < -0.4 is 5.32 Å². The third kappa shape index (κ3) is 31.8. The van der Waals surface area contributed by atoms with Gasteiger partial charge in [-0.3, -0.25) is 4.79 Å². The number of nitrogens with one attached hydrogen (secondary N) is 1. The molecule has 1 amide bonds. The molecule has 0 radical (unpaired) electrons. The Morgan fingerprint density at radius 3 is 1.40 bits per heavy atom. The summed E-state index contributed by atoms with van der Waals surface area (Å²) in [5.41, 5.74) is 0. The topological polar surface area (TPSA) is 69.6 Å². The number of hydrogen-bond donors (Lipinski definition) is 3. The Labute approximate surface area is 268 Å². The van der Waals surface area contributed by atoms with Crippen molar-refractivity contribution in [2.45, 2.75) is 199 Å². The maximum absolute atomic E-state index is 12.3. The maximum atomic E-state index is 12.3. The molecule has 0 spiro atoms. The van der Waals surface area contributed by atoms with Crippen LogP contribution in [0, 0.1) is 0 Å². The molecule has 0 aromatic rings. The zero-order chi connectivity index (χ0) is 31.5. The third-order valence-corrected chi connectivity index (χ3v) is 8.35. The normalized spacial score (nSPS) is 13.5. The summed E-state index contributed by atoms with van der Waals surface area (Å²) in [5, 5.41) is 22.8. The van der Waals surface area contributed by atoms with Crippen molar-refractivity contribution in [1.29, 1.82) is 0 Å². The van der Waals surface area contributed by atoms with Gasteiger partial charge in [0.15, 0.2) is 0 Å². The van der Waals surface area contributed by atoms with E-state index in [1.807, 2.05) is 6.08 Å². The molecule has 0 bridgehead atoms. The number of carbonyl (C=O) groups excluding carboxylic acids is 1. The molecule has 0 heterocycles. The second-order valence-corrected chi connectivity index (χ2v) is 12.6. The first-order valence-electron chi connectivity index (χ1n) is 18.7. The molecule has 0 aliphatic heterocycles. The van der Waals surface area contributed by atoms with Crippen molar-refractivity contribution in [3.8, 4) is 0 Å². The molecule has 2 unspecified atom stereocenters. The lowest BCUT2D eigenvalue weighted by atomic mass is 10.0. The number of amides is 1. The summed E-state index contributed by atoms with van der Waals surface area (Å²) in [7, 11) is 0. The van der Waals surface area contributed by atoms with E-state index in [0.29, 0.717) is 6.42 Å². The lowest BCUT2D eigenvalue weighted by molar-refractivity contribution is -0.123. The lowest BCUT2D eigenvalue weighted by Gasteiger charge is -2.19. The van der Waals surface area contributed by atoms with Crippen LogP contribution in [0.25, 0.3) is 0 Å². The molecule has 0 saturated heterocycles. The monoisotopic (exact) mass is 604 g/mol. The second kappa shape index (κ2) is 35.1. The molecular formula is C39H73NO3. The molecular weight excluding hydrogens is 530 g/mol. The highest BCUT2D eigenvalue weighted by Gasteiger charge is 2.17. The van der Waals surface area contributed by atoms with Crippen molar-refractivity contribution < 1.29 is 15.0 Å². The van der Waals surface area contributed by atoms with E-state index < -0.39 is 12.1 Å². The predicted molar refractivity (Wildman–Crippen MR) is 188 cm³/mol. The van der Waals surface area contributed by atoms with Gasteiger partial charge in [0.1, 0.15) is 0 Å². The van der Waals surface area contributed by atoms with Gasteiger partial charge in [-0.15, -0.1) is 0 Å². The Morgan fingerprint density at radius 2 is 0.907 bits per heavy atom. The Balaban J connectivity index is 3.67. The fraction of sp³-hybridized carbons (Fsp3) is 0.821. The van der Waals surface area contributed by atoms with Crippen LogP contribution in [0.2, 0.25) is 0 Å². The van der Waals surface area contributed by atoms with Gasteiger partial charge < -0.3 is 15.5 Å². The summed E-state index contributed by atoms with van der Waals surface area (Å²) in [5.74, 6) is -0.0855. The summed E-state index contributed by atoms with van der Waals surface area (Å²) >= 11 is 0. The molecule has 43 heavy (non-hydrogen) atoms. The highest BCUT2D eigenvalue weighted by Crippen LogP contribution is 2.13. The summed E-state index contributed by atoms with van der Waals surface area (Å²) < 4.78 is 0. The average molecular weight is 604 g/mol. The van der Waals surface area contributed by atoms with Crippen LogP contribution in [0.5, 0.6) is 0 Å². The van der Waals surface area contributed by atoms with E-state index in [0.717, 1.165) is 44.9 Å². The van der Waals surface area contributed by atoms with Crippen LogP contribution in [0.1, 0.15) is 187 Å². The minimum absolute atomic E-state index is 0.0855. The molecule has 0 aliphatic carbocycles.